The molecular formula is C17H16N6O. The Morgan fingerprint density at radius 1 is 1.12 bits per heavy atom. The molecule has 0 radical (unpaired) electrons. The predicted octanol–water partition coefficient (Wildman–Crippen LogP) is 1.44. The third-order valence-corrected chi connectivity index (χ3v) is 3.83. The number of hydrogen-bond acceptors (Lipinski definition) is 4. The van der Waals surface area contributed by atoms with E-state index in [1.165, 1.54) is 0 Å². The molecule has 4 rings (SSSR count). The summed E-state index contributed by atoms with van der Waals surface area (Å²) in [7, 11) is 0. The fraction of sp³-hybridized carbons (Fsp3) is 0.176. The molecule has 0 saturated heterocycles. The van der Waals surface area contributed by atoms with Gasteiger partial charge in [-0.25, -0.2) is 9.67 Å². The van der Waals surface area contributed by atoms with Crippen LogP contribution in [0.15, 0.2) is 54.9 Å². The van der Waals surface area contributed by atoms with E-state index in [0.717, 1.165) is 22.4 Å². The van der Waals surface area contributed by atoms with E-state index in [-0.39, 0.29) is 12.5 Å². The van der Waals surface area contributed by atoms with Gasteiger partial charge >= 0.3 is 0 Å². The monoisotopic (exact) mass is 320 g/mol. The van der Waals surface area contributed by atoms with Crippen molar-refractivity contribution in [3.63, 3.8) is 0 Å². The molecule has 4 aromatic rings. The third-order valence-electron chi connectivity index (χ3n) is 3.83. The van der Waals surface area contributed by atoms with Crippen LogP contribution in [0.1, 0.15) is 5.69 Å². The second-order valence-electron chi connectivity index (χ2n) is 5.53. The minimum atomic E-state index is -0.0885. The molecule has 0 aliphatic heterocycles. The van der Waals surface area contributed by atoms with Crippen LogP contribution in [0.25, 0.3) is 16.7 Å². The smallest absolute Gasteiger partial charge is 0.241 e. The van der Waals surface area contributed by atoms with Gasteiger partial charge in [-0.05, 0) is 24.3 Å². The first kappa shape index (κ1) is 14.4. The number of carbonyl (C=O) groups is 1. The quantitative estimate of drug-likeness (QED) is 0.603. The Kier molecular flexibility index (Phi) is 3.66. The van der Waals surface area contributed by atoms with Crippen LogP contribution in [0.5, 0.6) is 0 Å². The van der Waals surface area contributed by atoms with Gasteiger partial charge in [0, 0.05) is 25.4 Å². The molecule has 3 aromatic heterocycles. The fourth-order valence-corrected chi connectivity index (χ4v) is 2.66. The molecule has 120 valence electrons. The summed E-state index contributed by atoms with van der Waals surface area (Å²) in [5.74, 6) is -0.0885. The molecule has 7 heteroatoms. The maximum atomic E-state index is 12.1. The third kappa shape index (κ3) is 2.83. The van der Waals surface area contributed by atoms with Crippen LogP contribution in [-0.4, -0.2) is 36.8 Å². The number of rotatable bonds is 5. The molecule has 1 aromatic carbocycles. The van der Waals surface area contributed by atoms with E-state index in [4.69, 9.17) is 0 Å². The Hall–Kier alpha value is -3.22. The van der Waals surface area contributed by atoms with Gasteiger partial charge < -0.3 is 9.72 Å². The Bertz CT molecular complexity index is 969. The lowest BCUT2D eigenvalue weighted by Crippen LogP contribution is -2.29. The standard InChI is InChI=1S/C17H16N6O/c24-17(12-23-15-6-2-1-5-14(15)20-21-23)18-9-8-13-11-22-10-4-3-7-16(22)19-13/h1-7,10-11H,8-9,12H2,(H,18,24). The van der Waals surface area contributed by atoms with E-state index in [2.05, 4.69) is 20.6 Å². The highest BCUT2D eigenvalue weighted by Crippen LogP contribution is 2.09. The highest BCUT2D eigenvalue weighted by atomic mass is 16.2. The van der Waals surface area contributed by atoms with Crippen molar-refractivity contribution in [1.29, 1.82) is 0 Å². The average Bonchev–Trinajstić information content (AvgIpc) is 3.19. The molecule has 24 heavy (non-hydrogen) atoms. The normalized spacial score (nSPS) is 11.2. The summed E-state index contributed by atoms with van der Waals surface area (Å²) in [5.41, 5.74) is 3.50. The number of amides is 1. The first-order valence-corrected chi connectivity index (χ1v) is 7.77. The lowest BCUT2D eigenvalue weighted by atomic mass is 10.3. The number of pyridine rings is 1. The van der Waals surface area contributed by atoms with Crippen molar-refractivity contribution in [2.75, 3.05) is 6.54 Å². The molecule has 7 nitrogen and oxygen atoms in total. The first-order chi connectivity index (χ1) is 11.8. The Morgan fingerprint density at radius 2 is 2.00 bits per heavy atom. The van der Waals surface area contributed by atoms with E-state index >= 15 is 0 Å². The highest BCUT2D eigenvalue weighted by molar-refractivity contribution is 5.79. The van der Waals surface area contributed by atoms with Crippen LogP contribution in [0.2, 0.25) is 0 Å². The van der Waals surface area contributed by atoms with Crippen molar-refractivity contribution < 1.29 is 4.79 Å². The number of benzene rings is 1. The van der Waals surface area contributed by atoms with Crippen LogP contribution < -0.4 is 5.32 Å². The molecule has 0 saturated carbocycles. The number of para-hydroxylation sites is 1. The lowest BCUT2D eigenvalue weighted by molar-refractivity contribution is -0.121. The fourth-order valence-electron chi connectivity index (χ4n) is 2.66. The van der Waals surface area contributed by atoms with E-state index < -0.39 is 0 Å². The summed E-state index contributed by atoms with van der Waals surface area (Å²) >= 11 is 0. The van der Waals surface area contributed by atoms with Crippen molar-refractivity contribution in [2.45, 2.75) is 13.0 Å². The second-order valence-corrected chi connectivity index (χ2v) is 5.53. The number of fused-ring (bicyclic) bond motifs is 2. The van der Waals surface area contributed by atoms with Crippen molar-refractivity contribution in [3.8, 4) is 0 Å². The number of hydrogen-bond donors (Lipinski definition) is 1. The van der Waals surface area contributed by atoms with Crippen molar-refractivity contribution in [2.24, 2.45) is 0 Å². The molecule has 0 unspecified atom stereocenters. The zero-order valence-electron chi connectivity index (χ0n) is 13.0. The van der Waals surface area contributed by atoms with E-state index in [0.29, 0.717) is 13.0 Å². The van der Waals surface area contributed by atoms with Gasteiger partial charge in [0.05, 0.1) is 11.2 Å². The number of carbonyl (C=O) groups excluding carboxylic acids is 1. The molecule has 0 aliphatic carbocycles. The van der Waals surface area contributed by atoms with Crippen LogP contribution >= 0.6 is 0 Å². The van der Waals surface area contributed by atoms with Crippen molar-refractivity contribution >= 4 is 22.6 Å². The van der Waals surface area contributed by atoms with Gasteiger partial charge in [0.25, 0.3) is 0 Å². The molecule has 0 fully saturated rings. The highest BCUT2D eigenvalue weighted by Gasteiger charge is 2.08. The van der Waals surface area contributed by atoms with Gasteiger partial charge in [-0.3, -0.25) is 4.79 Å². The average molecular weight is 320 g/mol. The van der Waals surface area contributed by atoms with Gasteiger partial charge in [0.1, 0.15) is 17.7 Å². The summed E-state index contributed by atoms with van der Waals surface area (Å²) in [6.07, 6.45) is 4.62. The number of nitrogens with one attached hydrogen (secondary N) is 1. The maximum absolute atomic E-state index is 12.1. The molecular weight excluding hydrogens is 304 g/mol. The Morgan fingerprint density at radius 3 is 2.92 bits per heavy atom. The molecule has 0 aliphatic rings. The van der Waals surface area contributed by atoms with Crippen LogP contribution in [0.3, 0.4) is 0 Å². The van der Waals surface area contributed by atoms with Crippen LogP contribution in [0, 0.1) is 0 Å². The molecule has 0 bridgehead atoms. The molecule has 1 N–H and O–H groups in total. The number of nitrogens with zero attached hydrogens (tertiary/aromatic N) is 5. The van der Waals surface area contributed by atoms with Crippen molar-refractivity contribution in [1.82, 2.24) is 29.7 Å². The zero-order chi connectivity index (χ0) is 16.4. The van der Waals surface area contributed by atoms with E-state index in [9.17, 15) is 4.79 Å². The minimum Gasteiger partial charge on any atom is -0.354 e. The molecule has 1 amide bonds. The summed E-state index contributed by atoms with van der Waals surface area (Å²) in [6.45, 7) is 0.695. The summed E-state index contributed by atoms with van der Waals surface area (Å²) in [4.78, 5) is 16.6. The van der Waals surface area contributed by atoms with Crippen LogP contribution in [-0.2, 0) is 17.8 Å². The van der Waals surface area contributed by atoms with Gasteiger partial charge in [-0.1, -0.05) is 23.4 Å². The minimum absolute atomic E-state index is 0.0885. The maximum Gasteiger partial charge on any atom is 0.241 e. The molecule has 0 spiro atoms. The number of aromatic nitrogens is 5. The topological polar surface area (TPSA) is 77.1 Å². The van der Waals surface area contributed by atoms with Gasteiger partial charge in [-0.15, -0.1) is 5.10 Å². The van der Waals surface area contributed by atoms with Gasteiger partial charge in [0.2, 0.25) is 5.91 Å². The molecule has 0 atom stereocenters. The predicted molar refractivity (Wildman–Crippen MR) is 89.4 cm³/mol. The van der Waals surface area contributed by atoms with Crippen molar-refractivity contribution in [3.05, 3.63) is 60.6 Å². The van der Waals surface area contributed by atoms with Gasteiger partial charge in [0.15, 0.2) is 0 Å². The Labute approximate surface area is 137 Å². The SMILES string of the molecule is O=C(Cn1nnc2ccccc21)NCCc1cn2ccccc2n1. The largest absolute Gasteiger partial charge is 0.354 e. The summed E-state index contributed by atoms with van der Waals surface area (Å²) in [6, 6.07) is 13.5. The first-order valence-electron chi connectivity index (χ1n) is 7.77. The lowest BCUT2D eigenvalue weighted by Gasteiger charge is -2.04. The Balaban J connectivity index is 1.35. The van der Waals surface area contributed by atoms with E-state index in [1.54, 1.807) is 4.68 Å². The second kappa shape index (κ2) is 6.11. The summed E-state index contributed by atoms with van der Waals surface area (Å²) < 4.78 is 3.58. The number of imidazole rings is 1. The molecule has 3 heterocycles. The summed E-state index contributed by atoms with van der Waals surface area (Å²) in [5, 5.41) is 11.0. The van der Waals surface area contributed by atoms with Crippen LogP contribution in [0.4, 0.5) is 0 Å². The van der Waals surface area contributed by atoms with Gasteiger partial charge in [-0.2, -0.15) is 0 Å². The zero-order valence-corrected chi connectivity index (χ0v) is 13.0. The van der Waals surface area contributed by atoms with E-state index in [1.807, 2.05) is 59.3 Å².